The van der Waals surface area contributed by atoms with E-state index in [9.17, 15) is 4.79 Å². The SMILES string of the molecule is Cc1nnc(NC(=O)CC2(Cn3cnnn3)CCCCC2)s1. The minimum absolute atomic E-state index is 0.00822. The Morgan fingerprint density at radius 2 is 2.18 bits per heavy atom. The molecule has 1 saturated carbocycles. The second-order valence-electron chi connectivity index (χ2n) is 5.92. The van der Waals surface area contributed by atoms with E-state index in [-0.39, 0.29) is 11.3 Å². The number of hydrogen-bond donors (Lipinski definition) is 1. The molecule has 2 aromatic rings. The topological polar surface area (TPSA) is 98.5 Å². The second-order valence-corrected chi connectivity index (χ2v) is 7.10. The van der Waals surface area contributed by atoms with Crippen LogP contribution in [0.2, 0.25) is 0 Å². The number of carbonyl (C=O) groups is 1. The molecule has 3 rings (SSSR count). The number of nitrogens with zero attached hydrogens (tertiary/aromatic N) is 6. The predicted octanol–water partition coefficient (Wildman–Crippen LogP) is 1.81. The van der Waals surface area contributed by atoms with Crippen LogP contribution in [0.5, 0.6) is 0 Å². The van der Waals surface area contributed by atoms with Crippen LogP contribution >= 0.6 is 11.3 Å². The molecule has 1 aliphatic rings. The third-order valence-corrected chi connectivity index (χ3v) is 4.87. The Bertz CT molecular complexity index is 618. The molecular formula is C13H19N7OS. The van der Waals surface area contributed by atoms with Crippen molar-refractivity contribution in [3.63, 3.8) is 0 Å². The van der Waals surface area contributed by atoms with Gasteiger partial charge in [-0.05, 0) is 35.6 Å². The summed E-state index contributed by atoms with van der Waals surface area (Å²) in [5.41, 5.74) is -0.0720. The Hall–Kier alpha value is -1.90. The van der Waals surface area contributed by atoms with Crippen LogP contribution in [0.4, 0.5) is 5.13 Å². The number of rotatable bonds is 5. The fraction of sp³-hybridized carbons (Fsp3) is 0.692. The number of anilines is 1. The van der Waals surface area contributed by atoms with Gasteiger partial charge in [0.15, 0.2) is 0 Å². The smallest absolute Gasteiger partial charge is 0.226 e. The largest absolute Gasteiger partial charge is 0.301 e. The van der Waals surface area contributed by atoms with Crippen LogP contribution < -0.4 is 5.32 Å². The molecule has 1 aliphatic carbocycles. The van der Waals surface area contributed by atoms with E-state index in [4.69, 9.17) is 0 Å². The van der Waals surface area contributed by atoms with Crippen molar-refractivity contribution in [2.75, 3.05) is 5.32 Å². The van der Waals surface area contributed by atoms with Crippen molar-refractivity contribution in [2.45, 2.75) is 52.0 Å². The van der Waals surface area contributed by atoms with Gasteiger partial charge >= 0.3 is 0 Å². The van der Waals surface area contributed by atoms with Gasteiger partial charge in [0.1, 0.15) is 11.3 Å². The fourth-order valence-corrected chi connectivity index (χ4v) is 3.75. The van der Waals surface area contributed by atoms with Crippen LogP contribution in [0.15, 0.2) is 6.33 Å². The molecule has 0 radical (unpaired) electrons. The van der Waals surface area contributed by atoms with Crippen molar-refractivity contribution in [2.24, 2.45) is 5.41 Å². The van der Waals surface area contributed by atoms with E-state index in [2.05, 4.69) is 31.0 Å². The zero-order valence-corrected chi connectivity index (χ0v) is 13.3. The first-order valence-electron chi connectivity index (χ1n) is 7.46. The maximum absolute atomic E-state index is 12.4. The lowest BCUT2D eigenvalue weighted by molar-refractivity contribution is -0.119. The minimum Gasteiger partial charge on any atom is -0.301 e. The Morgan fingerprint density at radius 1 is 1.36 bits per heavy atom. The normalized spacial score (nSPS) is 17.3. The molecule has 0 aromatic carbocycles. The molecule has 0 atom stereocenters. The summed E-state index contributed by atoms with van der Waals surface area (Å²) in [6.45, 7) is 2.55. The average Bonchev–Trinajstić information content (AvgIpc) is 3.11. The van der Waals surface area contributed by atoms with Gasteiger partial charge in [-0.25, -0.2) is 4.68 Å². The zero-order valence-electron chi connectivity index (χ0n) is 12.5. The van der Waals surface area contributed by atoms with E-state index in [1.54, 1.807) is 11.0 Å². The van der Waals surface area contributed by atoms with Crippen LogP contribution in [0.25, 0.3) is 0 Å². The number of aromatic nitrogens is 6. The summed E-state index contributed by atoms with van der Waals surface area (Å²) >= 11 is 1.39. The van der Waals surface area contributed by atoms with E-state index in [1.165, 1.54) is 17.8 Å². The third-order valence-electron chi connectivity index (χ3n) is 4.11. The molecule has 2 aromatic heterocycles. The van der Waals surface area contributed by atoms with E-state index in [0.717, 1.165) is 30.7 Å². The van der Waals surface area contributed by atoms with Crippen LogP contribution in [-0.2, 0) is 11.3 Å². The molecule has 118 valence electrons. The number of hydrogen-bond acceptors (Lipinski definition) is 7. The maximum atomic E-state index is 12.4. The van der Waals surface area contributed by atoms with Gasteiger partial charge in [0, 0.05) is 6.42 Å². The highest BCUT2D eigenvalue weighted by Gasteiger charge is 2.35. The summed E-state index contributed by atoms with van der Waals surface area (Å²) in [4.78, 5) is 12.4. The highest BCUT2D eigenvalue weighted by atomic mass is 32.1. The van der Waals surface area contributed by atoms with Crippen molar-refractivity contribution in [3.05, 3.63) is 11.3 Å². The Labute approximate surface area is 132 Å². The fourth-order valence-electron chi connectivity index (χ4n) is 3.14. The predicted molar refractivity (Wildman–Crippen MR) is 81.2 cm³/mol. The maximum Gasteiger partial charge on any atom is 0.226 e. The van der Waals surface area contributed by atoms with Gasteiger partial charge in [0.05, 0.1) is 6.54 Å². The summed E-state index contributed by atoms with van der Waals surface area (Å²) < 4.78 is 1.73. The van der Waals surface area contributed by atoms with Gasteiger partial charge < -0.3 is 5.32 Å². The van der Waals surface area contributed by atoms with E-state index >= 15 is 0 Å². The summed E-state index contributed by atoms with van der Waals surface area (Å²) in [5.74, 6) is -0.00822. The number of carbonyl (C=O) groups excluding carboxylic acids is 1. The van der Waals surface area contributed by atoms with Crippen LogP contribution in [0.1, 0.15) is 43.5 Å². The Kier molecular flexibility index (Phi) is 4.41. The molecule has 9 heteroatoms. The van der Waals surface area contributed by atoms with Crippen LogP contribution in [-0.4, -0.2) is 36.3 Å². The summed E-state index contributed by atoms with van der Waals surface area (Å²) in [6, 6.07) is 0. The van der Waals surface area contributed by atoms with E-state index in [0.29, 0.717) is 18.1 Å². The van der Waals surface area contributed by atoms with Crippen molar-refractivity contribution in [1.82, 2.24) is 30.4 Å². The molecule has 1 N–H and O–H groups in total. The second kappa shape index (κ2) is 6.47. The Morgan fingerprint density at radius 3 is 2.82 bits per heavy atom. The molecule has 0 spiro atoms. The molecule has 0 saturated heterocycles. The molecule has 2 heterocycles. The summed E-state index contributed by atoms with van der Waals surface area (Å²) in [6.07, 6.45) is 7.65. The average molecular weight is 321 g/mol. The number of amides is 1. The highest BCUT2D eigenvalue weighted by Crippen LogP contribution is 2.40. The molecule has 1 amide bonds. The lowest BCUT2D eigenvalue weighted by Gasteiger charge is -2.36. The first-order valence-corrected chi connectivity index (χ1v) is 8.28. The van der Waals surface area contributed by atoms with Crippen LogP contribution in [0, 0.1) is 12.3 Å². The third kappa shape index (κ3) is 3.65. The molecule has 8 nitrogen and oxygen atoms in total. The summed E-state index contributed by atoms with van der Waals surface area (Å²) in [7, 11) is 0. The van der Waals surface area contributed by atoms with Crippen molar-refractivity contribution in [3.8, 4) is 0 Å². The molecule has 1 fully saturated rings. The van der Waals surface area contributed by atoms with Crippen molar-refractivity contribution in [1.29, 1.82) is 0 Å². The van der Waals surface area contributed by atoms with Gasteiger partial charge in [-0.2, -0.15) is 0 Å². The Balaban J connectivity index is 1.68. The van der Waals surface area contributed by atoms with Gasteiger partial charge in [-0.15, -0.1) is 15.3 Å². The van der Waals surface area contributed by atoms with E-state index < -0.39 is 0 Å². The van der Waals surface area contributed by atoms with Gasteiger partial charge in [0.2, 0.25) is 11.0 Å². The molecular weight excluding hydrogens is 302 g/mol. The zero-order chi connectivity index (χ0) is 15.4. The first-order chi connectivity index (χ1) is 10.7. The summed E-state index contributed by atoms with van der Waals surface area (Å²) in [5, 5.41) is 23.5. The molecule has 0 bridgehead atoms. The quantitative estimate of drug-likeness (QED) is 0.902. The lowest BCUT2D eigenvalue weighted by Crippen LogP contribution is -2.34. The van der Waals surface area contributed by atoms with Crippen molar-refractivity contribution < 1.29 is 4.79 Å². The lowest BCUT2D eigenvalue weighted by atomic mass is 9.71. The van der Waals surface area contributed by atoms with Gasteiger partial charge in [-0.3, -0.25) is 4.79 Å². The molecule has 0 unspecified atom stereocenters. The standard InChI is InChI=1S/C13H19N7OS/c1-10-16-17-12(22-10)15-11(21)7-13(5-3-2-4-6-13)8-20-9-14-18-19-20/h9H,2-8H2,1H3,(H,15,17,21). The van der Waals surface area contributed by atoms with Gasteiger partial charge in [-0.1, -0.05) is 30.6 Å². The molecule has 0 aliphatic heterocycles. The van der Waals surface area contributed by atoms with E-state index in [1.807, 2.05) is 6.92 Å². The minimum atomic E-state index is -0.0720. The number of tetrazole rings is 1. The first kappa shape index (κ1) is 15.0. The highest BCUT2D eigenvalue weighted by molar-refractivity contribution is 7.15. The van der Waals surface area contributed by atoms with Crippen molar-refractivity contribution >= 4 is 22.4 Å². The molecule has 22 heavy (non-hydrogen) atoms. The number of nitrogens with one attached hydrogen (secondary N) is 1. The van der Waals surface area contributed by atoms with Crippen LogP contribution in [0.3, 0.4) is 0 Å². The number of aryl methyl sites for hydroxylation is 1. The monoisotopic (exact) mass is 321 g/mol. The van der Waals surface area contributed by atoms with Gasteiger partial charge in [0.25, 0.3) is 0 Å².